The summed E-state index contributed by atoms with van der Waals surface area (Å²) in [5, 5.41) is 5.63. The molecule has 1 fully saturated rings. The van der Waals surface area contributed by atoms with E-state index in [1.54, 1.807) is 29.2 Å². The van der Waals surface area contributed by atoms with E-state index in [1.165, 1.54) is 6.92 Å². The third-order valence-electron chi connectivity index (χ3n) is 4.52. The molecule has 0 saturated carbocycles. The zero-order valence-electron chi connectivity index (χ0n) is 15.5. The van der Waals surface area contributed by atoms with E-state index < -0.39 is 0 Å². The number of carbonyl (C=O) groups is 3. The summed E-state index contributed by atoms with van der Waals surface area (Å²) in [6.07, 6.45) is 0.185. The fourth-order valence-corrected chi connectivity index (χ4v) is 3.24. The highest BCUT2D eigenvalue weighted by Gasteiger charge is 2.35. The number of benzene rings is 2. The highest BCUT2D eigenvalue weighted by molar-refractivity contribution is 6.01. The van der Waals surface area contributed by atoms with E-state index in [1.807, 2.05) is 31.2 Å². The number of hydrogen-bond donors (Lipinski definition) is 2. The lowest BCUT2D eigenvalue weighted by molar-refractivity contribution is -0.126. The Morgan fingerprint density at radius 1 is 1.15 bits per heavy atom. The summed E-state index contributed by atoms with van der Waals surface area (Å²) >= 11 is 0. The zero-order valence-corrected chi connectivity index (χ0v) is 15.5. The highest BCUT2D eigenvalue weighted by atomic mass is 16.2. The molecular formula is C21H23N3O3. The molecule has 1 aliphatic rings. The average molecular weight is 365 g/mol. The third kappa shape index (κ3) is 4.73. The summed E-state index contributed by atoms with van der Waals surface area (Å²) in [6.45, 7) is 4.22. The SMILES string of the molecule is CC(=O)Nc1cccc(N2C[C@H](C(=O)NCc3cccc(C)c3)CC2=O)c1. The fourth-order valence-electron chi connectivity index (χ4n) is 3.24. The van der Waals surface area contributed by atoms with Crippen LogP contribution in [0.25, 0.3) is 0 Å². The van der Waals surface area contributed by atoms with Crippen LogP contribution in [0.5, 0.6) is 0 Å². The van der Waals surface area contributed by atoms with Crippen LogP contribution in [0.3, 0.4) is 0 Å². The van der Waals surface area contributed by atoms with Crippen molar-refractivity contribution in [3.05, 3.63) is 59.7 Å². The first kappa shape index (κ1) is 18.6. The van der Waals surface area contributed by atoms with Gasteiger partial charge in [-0.2, -0.15) is 0 Å². The summed E-state index contributed by atoms with van der Waals surface area (Å²) in [7, 11) is 0. The number of aryl methyl sites for hydroxylation is 1. The number of nitrogens with one attached hydrogen (secondary N) is 2. The summed E-state index contributed by atoms with van der Waals surface area (Å²) < 4.78 is 0. The molecule has 0 spiro atoms. The van der Waals surface area contributed by atoms with Crippen molar-refractivity contribution in [3.63, 3.8) is 0 Å². The summed E-state index contributed by atoms with van der Waals surface area (Å²) in [5.41, 5.74) is 3.48. The largest absolute Gasteiger partial charge is 0.352 e. The van der Waals surface area contributed by atoms with Crippen LogP contribution in [-0.2, 0) is 20.9 Å². The van der Waals surface area contributed by atoms with Gasteiger partial charge >= 0.3 is 0 Å². The number of hydrogen-bond acceptors (Lipinski definition) is 3. The zero-order chi connectivity index (χ0) is 19.4. The van der Waals surface area contributed by atoms with Gasteiger partial charge in [0.2, 0.25) is 17.7 Å². The van der Waals surface area contributed by atoms with Gasteiger partial charge in [0.25, 0.3) is 0 Å². The fraction of sp³-hybridized carbons (Fsp3) is 0.286. The van der Waals surface area contributed by atoms with Gasteiger partial charge in [0.15, 0.2) is 0 Å². The predicted octanol–water partition coefficient (Wildman–Crippen LogP) is 2.62. The van der Waals surface area contributed by atoms with E-state index in [9.17, 15) is 14.4 Å². The molecule has 0 aliphatic carbocycles. The molecule has 1 heterocycles. The van der Waals surface area contributed by atoms with Gasteiger partial charge in [0.1, 0.15) is 0 Å². The molecule has 0 radical (unpaired) electrons. The van der Waals surface area contributed by atoms with Crippen molar-refractivity contribution in [2.24, 2.45) is 5.92 Å². The van der Waals surface area contributed by atoms with Crippen LogP contribution in [0.2, 0.25) is 0 Å². The standard InChI is InChI=1S/C21H23N3O3/c1-14-5-3-6-16(9-14)12-22-21(27)17-10-20(26)24(13-17)19-8-4-7-18(11-19)23-15(2)25/h3-9,11,17H,10,12-13H2,1-2H3,(H,22,27)(H,23,25)/t17-/m1/s1. The molecule has 27 heavy (non-hydrogen) atoms. The summed E-state index contributed by atoms with van der Waals surface area (Å²) in [6, 6.07) is 15.0. The van der Waals surface area contributed by atoms with Crippen molar-refractivity contribution in [3.8, 4) is 0 Å². The van der Waals surface area contributed by atoms with Crippen LogP contribution in [0.1, 0.15) is 24.5 Å². The number of nitrogens with zero attached hydrogens (tertiary/aromatic N) is 1. The second kappa shape index (κ2) is 8.03. The van der Waals surface area contributed by atoms with Crippen LogP contribution < -0.4 is 15.5 Å². The predicted molar refractivity (Wildman–Crippen MR) is 104 cm³/mol. The molecule has 2 aromatic rings. The van der Waals surface area contributed by atoms with E-state index in [2.05, 4.69) is 10.6 Å². The first-order chi connectivity index (χ1) is 12.9. The van der Waals surface area contributed by atoms with Crippen LogP contribution in [0.4, 0.5) is 11.4 Å². The third-order valence-corrected chi connectivity index (χ3v) is 4.52. The Morgan fingerprint density at radius 3 is 2.67 bits per heavy atom. The molecule has 1 aliphatic heterocycles. The Balaban J connectivity index is 1.63. The van der Waals surface area contributed by atoms with Gasteiger partial charge in [0.05, 0.1) is 5.92 Å². The molecule has 1 atom stereocenters. The first-order valence-corrected chi connectivity index (χ1v) is 8.93. The summed E-state index contributed by atoms with van der Waals surface area (Å²) in [4.78, 5) is 37.7. The van der Waals surface area contributed by atoms with Crippen molar-refractivity contribution >= 4 is 29.1 Å². The Hall–Kier alpha value is -3.15. The van der Waals surface area contributed by atoms with Crippen molar-refractivity contribution in [2.45, 2.75) is 26.8 Å². The van der Waals surface area contributed by atoms with E-state index in [0.29, 0.717) is 24.5 Å². The Morgan fingerprint density at radius 2 is 1.93 bits per heavy atom. The molecule has 0 unspecified atom stereocenters. The molecule has 140 valence electrons. The smallest absolute Gasteiger partial charge is 0.227 e. The van der Waals surface area contributed by atoms with Crippen molar-refractivity contribution in [1.82, 2.24) is 5.32 Å². The van der Waals surface area contributed by atoms with E-state index in [-0.39, 0.29) is 30.1 Å². The van der Waals surface area contributed by atoms with Crippen LogP contribution in [0, 0.1) is 12.8 Å². The van der Waals surface area contributed by atoms with Crippen LogP contribution >= 0.6 is 0 Å². The molecule has 6 heteroatoms. The average Bonchev–Trinajstić information content (AvgIpc) is 3.01. The number of amides is 3. The van der Waals surface area contributed by atoms with E-state index >= 15 is 0 Å². The Labute approximate surface area is 158 Å². The van der Waals surface area contributed by atoms with Gasteiger partial charge in [-0.1, -0.05) is 35.9 Å². The molecule has 1 saturated heterocycles. The van der Waals surface area contributed by atoms with E-state index in [4.69, 9.17) is 0 Å². The molecule has 0 bridgehead atoms. The van der Waals surface area contributed by atoms with E-state index in [0.717, 1.165) is 11.1 Å². The van der Waals surface area contributed by atoms with Crippen molar-refractivity contribution in [1.29, 1.82) is 0 Å². The molecule has 0 aromatic heterocycles. The molecule has 2 aromatic carbocycles. The Kier molecular flexibility index (Phi) is 5.54. The topological polar surface area (TPSA) is 78.5 Å². The maximum Gasteiger partial charge on any atom is 0.227 e. The normalized spacial score (nSPS) is 16.3. The van der Waals surface area contributed by atoms with Gasteiger partial charge in [-0.05, 0) is 30.7 Å². The molecule has 6 nitrogen and oxygen atoms in total. The molecule has 3 amide bonds. The lowest BCUT2D eigenvalue weighted by Gasteiger charge is -2.18. The van der Waals surface area contributed by atoms with Gasteiger partial charge in [-0.3, -0.25) is 14.4 Å². The number of anilines is 2. The lowest BCUT2D eigenvalue weighted by Crippen LogP contribution is -2.32. The second-order valence-electron chi connectivity index (χ2n) is 6.84. The van der Waals surface area contributed by atoms with Crippen molar-refractivity contribution in [2.75, 3.05) is 16.8 Å². The summed E-state index contributed by atoms with van der Waals surface area (Å²) in [5.74, 6) is -0.768. The minimum Gasteiger partial charge on any atom is -0.352 e. The maximum absolute atomic E-state index is 12.5. The maximum atomic E-state index is 12.5. The second-order valence-corrected chi connectivity index (χ2v) is 6.84. The lowest BCUT2D eigenvalue weighted by atomic mass is 10.1. The molecular weight excluding hydrogens is 342 g/mol. The first-order valence-electron chi connectivity index (χ1n) is 8.93. The monoisotopic (exact) mass is 365 g/mol. The molecule has 2 N–H and O–H groups in total. The highest BCUT2D eigenvalue weighted by Crippen LogP contribution is 2.27. The quantitative estimate of drug-likeness (QED) is 0.855. The molecule has 3 rings (SSSR count). The number of carbonyl (C=O) groups excluding carboxylic acids is 3. The minimum atomic E-state index is -0.383. The van der Waals surface area contributed by atoms with Gasteiger partial charge < -0.3 is 15.5 Å². The van der Waals surface area contributed by atoms with Gasteiger partial charge in [-0.15, -0.1) is 0 Å². The van der Waals surface area contributed by atoms with Crippen molar-refractivity contribution < 1.29 is 14.4 Å². The van der Waals surface area contributed by atoms with Gasteiger partial charge in [0, 0.05) is 37.8 Å². The number of rotatable bonds is 5. The Bertz CT molecular complexity index is 878. The van der Waals surface area contributed by atoms with Crippen LogP contribution in [0.15, 0.2) is 48.5 Å². The minimum absolute atomic E-state index is 0.0920. The van der Waals surface area contributed by atoms with Crippen LogP contribution in [-0.4, -0.2) is 24.3 Å². The van der Waals surface area contributed by atoms with Gasteiger partial charge in [-0.25, -0.2) is 0 Å².